The van der Waals surface area contributed by atoms with E-state index in [1.54, 1.807) is 65.2 Å². The smallest absolute Gasteiger partial charge is 0.339 e. The third kappa shape index (κ3) is 4.31. The average Bonchev–Trinajstić information content (AvgIpc) is 3.17. The number of methoxy groups -OCH3 is 1. The van der Waals surface area contributed by atoms with Gasteiger partial charge in [0.2, 0.25) is 11.7 Å². The maximum absolute atomic E-state index is 13.2. The zero-order chi connectivity index (χ0) is 22.7. The van der Waals surface area contributed by atoms with Crippen molar-refractivity contribution in [3.05, 3.63) is 94.2 Å². The molecule has 3 aromatic carbocycles. The van der Waals surface area contributed by atoms with Crippen LogP contribution in [0.4, 0.5) is 5.69 Å². The van der Waals surface area contributed by atoms with Crippen LogP contribution in [0.5, 0.6) is 0 Å². The number of imidazole rings is 1. The number of ketones is 1. The Morgan fingerprint density at radius 1 is 0.969 bits per heavy atom. The van der Waals surface area contributed by atoms with Crippen LogP contribution in [-0.4, -0.2) is 34.3 Å². The molecule has 0 saturated carbocycles. The number of para-hydroxylation sites is 3. The Balaban J connectivity index is 1.68. The Bertz CT molecular complexity index is 1330. The number of rotatable bonds is 6. The molecule has 0 aliphatic heterocycles. The highest BCUT2D eigenvalue weighted by Crippen LogP contribution is 2.21. The number of nitrogens with one attached hydrogen (secondary N) is 1. The van der Waals surface area contributed by atoms with Gasteiger partial charge < -0.3 is 14.6 Å². The molecule has 0 aliphatic rings. The number of carbonyl (C=O) groups is 3. The van der Waals surface area contributed by atoms with Gasteiger partial charge in [0.05, 0.1) is 29.4 Å². The van der Waals surface area contributed by atoms with Gasteiger partial charge in [-0.05, 0) is 48.5 Å². The summed E-state index contributed by atoms with van der Waals surface area (Å²) in [6, 6.07) is 20.7. The van der Waals surface area contributed by atoms with Gasteiger partial charge in [0.25, 0.3) is 0 Å². The number of anilines is 1. The molecular weight excluding hydrogens is 474 g/mol. The van der Waals surface area contributed by atoms with Crippen molar-refractivity contribution in [2.45, 2.75) is 6.54 Å². The van der Waals surface area contributed by atoms with E-state index in [1.807, 2.05) is 12.1 Å². The summed E-state index contributed by atoms with van der Waals surface area (Å²) in [6.07, 6.45) is 0. The fourth-order valence-corrected chi connectivity index (χ4v) is 3.62. The van der Waals surface area contributed by atoms with Crippen molar-refractivity contribution in [2.75, 3.05) is 12.4 Å². The summed E-state index contributed by atoms with van der Waals surface area (Å²) in [5.41, 5.74) is 2.29. The van der Waals surface area contributed by atoms with Crippen molar-refractivity contribution in [3.63, 3.8) is 0 Å². The molecule has 0 unspecified atom stereocenters. The molecule has 8 heteroatoms. The molecule has 7 nitrogen and oxygen atoms in total. The third-order valence-corrected chi connectivity index (χ3v) is 5.40. The highest BCUT2D eigenvalue weighted by Gasteiger charge is 2.21. The lowest BCUT2D eigenvalue weighted by Crippen LogP contribution is -2.23. The van der Waals surface area contributed by atoms with E-state index in [4.69, 9.17) is 4.74 Å². The summed E-state index contributed by atoms with van der Waals surface area (Å²) in [4.78, 5) is 42.6. The minimum absolute atomic E-state index is 0.157. The Morgan fingerprint density at radius 3 is 2.41 bits per heavy atom. The minimum atomic E-state index is -0.555. The first-order valence-electron chi connectivity index (χ1n) is 9.70. The first-order valence-corrected chi connectivity index (χ1v) is 10.5. The molecule has 4 rings (SSSR count). The summed E-state index contributed by atoms with van der Waals surface area (Å²) in [6.45, 7) is -0.159. The van der Waals surface area contributed by atoms with Crippen LogP contribution in [0.25, 0.3) is 11.0 Å². The predicted molar refractivity (Wildman–Crippen MR) is 124 cm³/mol. The number of hydrogen-bond acceptors (Lipinski definition) is 5. The summed E-state index contributed by atoms with van der Waals surface area (Å²) >= 11 is 3.36. The number of nitrogens with zero attached hydrogens (tertiary/aromatic N) is 2. The van der Waals surface area contributed by atoms with Gasteiger partial charge in [-0.15, -0.1) is 0 Å². The molecule has 0 bridgehead atoms. The van der Waals surface area contributed by atoms with Crippen molar-refractivity contribution in [3.8, 4) is 0 Å². The number of esters is 1. The maximum atomic E-state index is 13.2. The molecule has 0 saturated heterocycles. The lowest BCUT2D eigenvalue weighted by molar-refractivity contribution is -0.116. The van der Waals surface area contributed by atoms with Crippen LogP contribution in [-0.2, 0) is 16.1 Å². The van der Waals surface area contributed by atoms with Gasteiger partial charge in [0.1, 0.15) is 6.54 Å². The normalized spacial score (nSPS) is 10.7. The van der Waals surface area contributed by atoms with E-state index in [-0.39, 0.29) is 23.7 Å². The van der Waals surface area contributed by atoms with E-state index in [1.165, 1.54) is 7.11 Å². The van der Waals surface area contributed by atoms with E-state index in [9.17, 15) is 14.4 Å². The second-order valence-corrected chi connectivity index (χ2v) is 7.85. The first-order chi connectivity index (χ1) is 15.5. The monoisotopic (exact) mass is 491 g/mol. The second-order valence-electron chi connectivity index (χ2n) is 6.93. The molecule has 0 radical (unpaired) electrons. The Kier molecular flexibility index (Phi) is 6.13. The largest absolute Gasteiger partial charge is 0.465 e. The summed E-state index contributed by atoms with van der Waals surface area (Å²) in [5.74, 6) is -1.10. The van der Waals surface area contributed by atoms with E-state index in [2.05, 4.69) is 26.2 Å². The Morgan fingerprint density at radius 2 is 1.66 bits per heavy atom. The number of benzene rings is 3. The lowest BCUT2D eigenvalue weighted by atomic mass is 10.1. The quantitative estimate of drug-likeness (QED) is 0.317. The minimum Gasteiger partial charge on any atom is -0.465 e. The maximum Gasteiger partial charge on any atom is 0.339 e. The van der Waals surface area contributed by atoms with Gasteiger partial charge in [-0.1, -0.05) is 40.2 Å². The molecule has 0 spiro atoms. The molecule has 0 atom stereocenters. The number of ether oxygens (including phenoxy) is 1. The third-order valence-electron chi connectivity index (χ3n) is 4.87. The Hall–Kier alpha value is -3.78. The standard InChI is InChI=1S/C24H18BrN3O4/c1-32-24(31)17-6-2-3-7-18(17)26-21(29)14-28-20-9-5-4-8-19(20)27-23(28)22(30)15-10-12-16(25)13-11-15/h2-13H,14H2,1H3,(H,26,29). The van der Waals surface area contributed by atoms with Crippen molar-refractivity contribution >= 4 is 50.3 Å². The SMILES string of the molecule is COC(=O)c1ccccc1NC(=O)Cn1c(C(=O)c2ccc(Br)cc2)nc2ccccc21. The lowest BCUT2D eigenvalue weighted by Gasteiger charge is -2.12. The number of hydrogen-bond donors (Lipinski definition) is 1. The topological polar surface area (TPSA) is 90.3 Å². The highest BCUT2D eigenvalue weighted by atomic mass is 79.9. The van der Waals surface area contributed by atoms with Crippen molar-refractivity contribution < 1.29 is 19.1 Å². The van der Waals surface area contributed by atoms with Crippen LogP contribution >= 0.6 is 15.9 Å². The van der Waals surface area contributed by atoms with Gasteiger partial charge >= 0.3 is 5.97 Å². The van der Waals surface area contributed by atoms with Crippen LogP contribution in [0.15, 0.2) is 77.3 Å². The first kappa shape index (κ1) is 21.5. The van der Waals surface area contributed by atoms with E-state index in [0.29, 0.717) is 22.3 Å². The van der Waals surface area contributed by atoms with Crippen LogP contribution < -0.4 is 5.32 Å². The summed E-state index contributed by atoms with van der Waals surface area (Å²) in [7, 11) is 1.28. The molecular formula is C24H18BrN3O4. The number of carbonyl (C=O) groups excluding carboxylic acids is 3. The molecule has 1 heterocycles. The van der Waals surface area contributed by atoms with Gasteiger partial charge in [-0.3, -0.25) is 9.59 Å². The second kappa shape index (κ2) is 9.15. The molecule has 1 N–H and O–H groups in total. The van der Waals surface area contributed by atoms with Gasteiger partial charge in [0, 0.05) is 10.0 Å². The van der Waals surface area contributed by atoms with Crippen LogP contribution in [0.1, 0.15) is 26.5 Å². The van der Waals surface area contributed by atoms with E-state index >= 15 is 0 Å². The van der Waals surface area contributed by atoms with E-state index in [0.717, 1.165) is 4.47 Å². The number of amides is 1. The zero-order valence-corrected chi connectivity index (χ0v) is 18.6. The molecule has 0 fully saturated rings. The predicted octanol–water partition coefficient (Wildman–Crippen LogP) is 4.46. The molecule has 4 aromatic rings. The van der Waals surface area contributed by atoms with E-state index < -0.39 is 11.9 Å². The van der Waals surface area contributed by atoms with Crippen LogP contribution in [0.2, 0.25) is 0 Å². The van der Waals surface area contributed by atoms with Gasteiger partial charge in [-0.2, -0.15) is 0 Å². The van der Waals surface area contributed by atoms with Gasteiger partial charge in [-0.25, -0.2) is 9.78 Å². The summed E-state index contributed by atoms with van der Waals surface area (Å²) < 4.78 is 7.21. The average molecular weight is 492 g/mol. The fourth-order valence-electron chi connectivity index (χ4n) is 3.35. The van der Waals surface area contributed by atoms with Crippen molar-refractivity contribution in [1.82, 2.24) is 9.55 Å². The van der Waals surface area contributed by atoms with Crippen LogP contribution in [0, 0.1) is 0 Å². The van der Waals surface area contributed by atoms with Gasteiger partial charge in [0.15, 0.2) is 5.82 Å². The summed E-state index contributed by atoms with van der Waals surface area (Å²) in [5, 5.41) is 2.74. The number of fused-ring (bicyclic) bond motifs is 1. The molecule has 1 aromatic heterocycles. The highest BCUT2D eigenvalue weighted by molar-refractivity contribution is 9.10. The fraction of sp³-hybridized carbons (Fsp3) is 0.0833. The number of aromatic nitrogens is 2. The zero-order valence-electron chi connectivity index (χ0n) is 17.0. The molecule has 32 heavy (non-hydrogen) atoms. The van der Waals surface area contributed by atoms with Crippen molar-refractivity contribution in [2.24, 2.45) is 0 Å². The van der Waals surface area contributed by atoms with Crippen molar-refractivity contribution in [1.29, 1.82) is 0 Å². The number of halogens is 1. The molecule has 1 amide bonds. The molecule has 0 aliphatic carbocycles. The van der Waals surface area contributed by atoms with Crippen LogP contribution in [0.3, 0.4) is 0 Å². The Labute approximate surface area is 192 Å². The molecule has 160 valence electrons.